The lowest BCUT2D eigenvalue weighted by atomic mass is 9.81. The number of unbranched alkanes of at least 4 members (excludes halogenated alkanes) is 3. The Kier molecular flexibility index (Phi) is 21.9. The van der Waals surface area contributed by atoms with Gasteiger partial charge in [0.05, 0.1) is 6.04 Å². The molecule has 6 amide bonds. The number of fused-ring (bicyclic) bond motifs is 1. The lowest BCUT2D eigenvalue weighted by Gasteiger charge is -2.29. The normalized spacial score (nSPS) is 16.8. The van der Waals surface area contributed by atoms with Gasteiger partial charge in [-0.25, -0.2) is 14.4 Å². The molecule has 1 aliphatic rings. The molecule has 2 aromatic carbocycles. The SMILES string of the molecule is N[C@@H](CS)C(=O)NCCCCCC(=O)NC[C@H]1CC[C@H](C(=O)N[C@@H](Cc2ccc3ccccc3c2)C(=O)NCCCC[C@H](NC(=O)N[C@@H](CCC(=O)O)C(=O)O)C(=O)O)CC1. The Hall–Kier alpha value is -5.43. The third kappa shape index (κ3) is 18.8. The van der Waals surface area contributed by atoms with Gasteiger partial charge in [-0.3, -0.25) is 24.0 Å². The van der Waals surface area contributed by atoms with Crippen molar-refractivity contribution in [3.8, 4) is 0 Å². The lowest BCUT2D eigenvalue weighted by molar-refractivity contribution is -0.141. The van der Waals surface area contributed by atoms with Crippen LogP contribution in [-0.2, 0) is 40.0 Å². The van der Waals surface area contributed by atoms with E-state index in [1.807, 2.05) is 42.5 Å². The summed E-state index contributed by atoms with van der Waals surface area (Å²) in [5, 5.41) is 45.6. The second-order valence-electron chi connectivity index (χ2n) is 15.5. The molecule has 4 atom stereocenters. The summed E-state index contributed by atoms with van der Waals surface area (Å²) in [6.07, 6.45) is 5.20. The summed E-state index contributed by atoms with van der Waals surface area (Å²) in [7, 11) is 0. The van der Waals surface area contributed by atoms with Crippen LogP contribution < -0.4 is 37.6 Å². The number of urea groups is 1. The van der Waals surface area contributed by atoms with Crippen LogP contribution in [0.4, 0.5) is 4.79 Å². The highest BCUT2D eigenvalue weighted by Crippen LogP contribution is 2.29. The Morgan fingerprint density at radius 1 is 0.672 bits per heavy atom. The maximum atomic E-state index is 13.6. The van der Waals surface area contributed by atoms with Gasteiger partial charge in [-0.15, -0.1) is 0 Å². The van der Waals surface area contributed by atoms with Crippen LogP contribution in [0.15, 0.2) is 42.5 Å². The summed E-state index contributed by atoms with van der Waals surface area (Å²) in [5.41, 5.74) is 6.48. The van der Waals surface area contributed by atoms with Crippen molar-refractivity contribution in [2.75, 3.05) is 25.4 Å². The summed E-state index contributed by atoms with van der Waals surface area (Å²) >= 11 is 4.01. The molecule has 0 unspecified atom stereocenters. The minimum atomic E-state index is -1.52. The fourth-order valence-corrected chi connectivity index (χ4v) is 7.20. The average molecular weight is 872 g/mol. The summed E-state index contributed by atoms with van der Waals surface area (Å²) in [4.78, 5) is 97.7. The molecule has 18 nitrogen and oxygen atoms in total. The molecule has 0 aromatic heterocycles. The van der Waals surface area contributed by atoms with Gasteiger partial charge in [-0.05, 0) is 86.5 Å². The Labute approximate surface area is 360 Å². The zero-order chi connectivity index (χ0) is 44.7. The van der Waals surface area contributed by atoms with Crippen LogP contribution in [0.5, 0.6) is 0 Å². The van der Waals surface area contributed by atoms with Crippen molar-refractivity contribution in [2.24, 2.45) is 17.6 Å². The molecule has 3 rings (SSSR count). The number of carbonyl (C=O) groups is 8. The number of carbonyl (C=O) groups excluding carboxylic acids is 5. The van der Waals surface area contributed by atoms with E-state index in [0.29, 0.717) is 45.2 Å². The number of hydrogen-bond acceptors (Lipinski definition) is 10. The molecule has 1 fully saturated rings. The highest BCUT2D eigenvalue weighted by atomic mass is 32.1. The smallest absolute Gasteiger partial charge is 0.326 e. The summed E-state index contributed by atoms with van der Waals surface area (Å²) in [5.74, 6) is -4.78. The van der Waals surface area contributed by atoms with Crippen molar-refractivity contribution in [3.05, 3.63) is 48.0 Å². The molecule has 2 aromatic rings. The predicted molar refractivity (Wildman–Crippen MR) is 230 cm³/mol. The molecule has 61 heavy (non-hydrogen) atoms. The van der Waals surface area contributed by atoms with E-state index in [-0.39, 0.29) is 67.5 Å². The van der Waals surface area contributed by atoms with E-state index >= 15 is 0 Å². The van der Waals surface area contributed by atoms with Crippen LogP contribution in [0.25, 0.3) is 10.8 Å². The molecule has 1 saturated carbocycles. The molecule has 0 saturated heterocycles. The molecule has 1 aliphatic carbocycles. The molecular weight excluding hydrogens is 811 g/mol. The first-order chi connectivity index (χ1) is 29.2. The number of aliphatic carboxylic acids is 3. The quantitative estimate of drug-likeness (QED) is 0.0455. The Balaban J connectivity index is 1.47. The fourth-order valence-electron chi connectivity index (χ4n) is 7.04. The maximum absolute atomic E-state index is 13.6. The Morgan fingerprint density at radius 2 is 1.30 bits per heavy atom. The lowest BCUT2D eigenvalue weighted by Crippen LogP contribution is -2.51. The van der Waals surface area contributed by atoms with Gasteiger partial charge < -0.3 is 53.0 Å². The van der Waals surface area contributed by atoms with Crippen molar-refractivity contribution in [1.82, 2.24) is 31.9 Å². The molecule has 0 spiro atoms. The Morgan fingerprint density at radius 3 is 1.93 bits per heavy atom. The Bertz CT molecular complexity index is 1810. The number of benzene rings is 2. The monoisotopic (exact) mass is 871 g/mol. The molecule has 0 heterocycles. The summed E-state index contributed by atoms with van der Waals surface area (Å²) < 4.78 is 0. The van der Waals surface area contributed by atoms with Crippen LogP contribution in [-0.4, -0.2) is 112 Å². The number of carboxylic acid groups (broad SMARTS) is 3. The fraction of sp³-hybridized carbons (Fsp3) is 0.571. The van der Waals surface area contributed by atoms with E-state index in [1.54, 1.807) is 0 Å². The number of hydrogen-bond donors (Lipinski definition) is 11. The van der Waals surface area contributed by atoms with Gasteiger partial charge in [0.1, 0.15) is 18.1 Å². The molecule has 19 heteroatoms. The van der Waals surface area contributed by atoms with Gasteiger partial charge in [-0.1, -0.05) is 48.9 Å². The van der Waals surface area contributed by atoms with E-state index in [1.165, 1.54) is 0 Å². The van der Waals surface area contributed by atoms with Gasteiger partial charge in [0.15, 0.2) is 0 Å². The van der Waals surface area contributed by atoms with Crippen molar-refractivity contribution < 1.29 is 53.7 Å². The number of thiol groups is 1. The third-order valence-corrected chi connectivity index (χ3v) is 11.1. The zero-order valence-electron chi connectivity index (χ0n) is 34.4. The number of rotatable bonds is 27. The second kappa shape index (κ2) is 26.7. The van der Waals surface area contributed by atoms with Gasteiger partial charge in [0.25, 0.3) is 0 Å². The first-order valence-electron chi connectivity index (χ1n) is 20.9. The minimum absolute atomic E-state index is 0.0355. The van der Waals surface area contributed by atoms with E-state index in [2.05, 4.69) is 44.5 Å². The van der Waals surface area contributed by atoms with Gasteiger partial charge in [-0.2, -0.15) is 12.6 Å². The summed E-state index contributed by atoms with van der Waals surface area (Å²) in [6.45, 7) is 1.17. The van der Waals surface area contributed by atoms with E-state index in [9.17, 15) is 48.6 Å². The van der Waals surface area contributed by atoms with Crippen LogP contribution in [0.1, 0.15) is 89.0 Å². The van der Waals surface area contributed by atoms with E-state index in [0.717, 1.165) is 42.0 Å². The minimum Gasteiger partial charge on any atom is -0.481 e. The van der Waals surface area contributed by atoms with Gasteiger partial charge in [0, 0.05) is 50.6 Å². The first-order valence-corrected chi connectivity index (χ1v) is 21.5. The highest BCUT2D eigenvalue weighted by molar-refractivity contribution is 7.80. The van der Waals surface area contributed by atoms with Crippen molar-refractivity contribution in [1.29, 1.82) is 0 Å². The largest absolute Gasteiger partial charge is 0.481 e. The van der Waals surface area contributed by atoms with Crippen LogP contribution in [0.2, 0.25) is 0 Å². The van der Waals surface area contributed by atoms with Crippen LogP contribution >= 0.6 is 12.6 Å². The van der Waals surface area contributed by atoms with Crippen LogP contribution in [0, 0.1) is 11.8 Å². The van der Waals surface area contributed by atoms with Gasteiger partial charge >= 0.3 is 23.9 Å². The van der Waals surface area contributed by atoms with E-state index < -0.39 is 60.4 Å². The summed E-state index contributed by atoms with van der Waals surface area (Å²) in [6, 6.07) is 8.14. The van der Waals surface area contributed by atoms with Crippen molar-refractivity contribution in [3.63, 3.8) is 0 Å². The maximum Gasteiger partial charge on any atom is 0.326 e. The molecular formula is C42H61N7O11S. The standard InChI is InChI=1S/C42H61N7O11S/c43-31(25-61)38(54)44-20-6-1-2-11-35(50)46-24-26-12-16-29(17-13-26)37(53)47-34(23-27-14-15-28-8-3-4-9-30(28)22-27)39(55)45-21-7-5-10-32(40(56)57)48-42(60)49-33(41(58)59)18-19-36(51)52/h3-4,8-9,14-15,22,26,29,31-34,61H,1-2,5-7,10-13,16-21,23-25,43H2,(H,44,54)(H,45,55)(H,46,50)(H,47,53)(H,51,52)(H,56,57)(H,58,59)(H2,48,49,60)/t26-,29-,31-,32-,33-,34-/m0/s1. The number of amides is 6. The molecule has 0 bridgehead atoms. The van der Waals surface area contributed by atoms with Crippen molar-refractivity contribution >= 4 is 71.0 Å². The third-order valence-electron chi connectivity index (χ3n) is 10.7. The predicted octanol–water partition coefficient (Wildman–Crippen LogP) is 2.08. The van der Waals surface area contributed by atoms with Crippen LogP contribution in [0.3, 0.4) is 0 Å². The molecule has 0 aliphatic heterocycles. The molecule has 336 valence electrons. The molecule has 0 radical (unpaired) electrons. The zero-order valence-corrected chi connectivity index (χ0v) is 35.3. The first kappa shape index (κ1) is 49.9. The van der Waals surface area contributed by atoms with Crippen molar-refractivity contribution in [2.45, 2.75) is 114 Å². The van der Waals surface area contributed by atoms with E-state index in [4.69, 9.17) is 10.8 Å². The number of nitrogens with two attached hydrogens (primary N) is 1. The topological polar surface area (TPSA) is 295 Å². The highest BCUT2D eigenvalue weighted by Gasteiger charge is 2.30. The molecule has 11 N–H and O–H groups in total. The number of nitrogens with one attached hydrogen (secondary N) is 6. The second-order valence-corrected chi connectivity index (χ2v) is 15.8. The average Bonchev–Trinajstić information content (AvgIpc) is 3.24. The van der Waals surface area contributed by atoms with Gasteiger partial charge in [0.2, 0.25) is 23.6 Å². The number of carboxylic acids is 3.